The van der Waals surface area contributed by atoms with E-state index in [1.165, 1.54) is 12.3 Å². The number of halogens is 2. The van der Waals surface area contributed by atoms with Gasteiger partial charge in [-0.25, -0.2) is 4.98 Å². The second kappa shape index (κ2) is 5.42. The van der Waals surface area contributed by atoms with Crippen molar-refractivity contribution >= 4 is 27.5 Å². The van der Waals surface area contributed by atoms with Crippen molar-refractivity contribution < 1.29 is 10.2 Å². The van der Waals surface area contributed by atoms with Gasteiger partial charge in [0, 0.05) is 16.2 Å². The van der Waals surface area contributed by atoms with Gasteiger partial charge in [0.05, 0.1) is 18.6 Å². The molecule has 1 aromatic rings. The molecule has 0 radical (unpaired) electrons. The second-order valence-electron chi connectivity index (χ2n) is 2.90. The van der Waals surface area contributed by atoms with E-state index in [2.05, 4.69) is 20.9 Å². The maximum Gasteiger partial charge on any atom is 0.129 e. The standard InChI is InChI=1S/C9H8BrClN2O2/c10-6-4-13-8(11)3-5(6)9(15)7(14)1-2-12/h3-4,7,9,14-15H,1H2. The molecule has 15 heavy (non-hydrogen) atoms. The summed E-state index contributed by atoms with van der Waals surface area (Å²) in [6.07, 6.45) is -1.00. The predicted molar refractivity (Wildman–Crippen MR) is 58.1 cm³/mol. The van der Waals surface area contributed by atoms with Gasteiger partial charge in [-0.15, -0.1) is 0 Å². The van der Waals surface area contributed by atoms with Crippen LogP contribution in [0.3, 0.4) is 0 Å². The number of aliphatic hydroxyl groups is 2. The van der Waals surface area contributed by atoms with Crippen molar-refractivity contribution in [2.24, 2.45) is 0 Å². The molecule has 0 saturated carbocycles. The van der Waals surface area contributed by atoms with Crippen LogP contribution < -0.4 is 0 Å². The Bertz CT molecular complexity index is 394. The Morgan fingerprint density at radius 3 is 2.87 bits per heavy atom. The van der Waals surface area contributed by atoms with Crippen molar-refractivity contribution in [1.29, 1.82) is 5.26 Å². The van der Waals surface area contributed by atoms with Crippen LogP contribution in [0.4, 0.5) is 0 Å². The SMILES string of the molecule is N#CCC(O)C(O)c1cc(Cl)ncc1Br. The minimum Gasteiger partial charge on any atom is -0.389 e. The van der Waals surface area contributed by atoms with Crippen LogP contribution in [0.5, 0.6) is 0 Å². The predicted octanol–water partition coefficient (Wildman–Crippen LogP) is 1.81. The summed E-state index contributed by atoms with van der Waals surface area (Å²) in [6.45, 7) is 0. The molecular weight excluding hydrogens is 283 g/mol. The van der Waals surface area contributed by atoms with Crippen molar-refractivity contribution in [3.63, 3.8) is 0 Å². The smallest absolute Gasteiger partial charge is 0.129 e. The normalized spacial score (nSPS) is 14.3. The first-order valence-electron chi connectivity index (χ1n) is 4.10. The molecule has 4 nitrogen and oxygen atoms in total. The van der Waals surface area contributed by atoms with Crippen LogP contribution in [0.1, 0.15) is 18.1 Å². The molecule has 0 bridgehead atoms. The summed E-state index contributed by atoms with van der Waals surface area (Å²) < 4.78 is 0.538. The average Bonchev–Trinajstić information content (AvgIpc) is 2.21. The molecule has 0 aliphatic carbocycles. The summed E-state index contributed by atoms with van der Waals surface area (Å²) in [5, 5.41) is 27.7. The number of hydrogen-bond acceptors (Lipinski definition) is 4. The van der Waals surface area contributed by atoms with Gasteiger partial charge in [0.25, 0.3) is 0 Å². The number of aliphatic hydroxyl groups excluding tert-OH is 2. The van der Waals surface area contributed by atoms with Crippen LogP contribution in [0.25, 0.3) is 0 Å². The number of aromatic nitrogens is 1. The Morgan fingerprint density at radius 2 is 2.27 bits per heavy atom. The highest BCUT2D eigenvalue weighted by Gasteiger charge is 2.20. The molecule has 6 heteroatoms. The van der Waals surface area contributed by atoms with Gasteiger partial charge in [0.1, 0.15) is 11.3 Å². The van der Waals surface area contributed by atoms with Crippen LogP contribution in [-0.2, 0) is 0 Å². The fraction of sp³-hybridized carbons (Fsp3) is 0.333. The van der Waals surface area contributed by atoms with E-state index in [1.54, 1.807) is 6.07 Å². The van der Waals surface area contributed by atoms with E-state index < -0.39 is 12.2 Å². The lowest BCUT2D eigenvalue weighted by Crippen LogP contribution is -2.18. The fourth-order valence-electron chi connectivity index (χ4n) is 1.07. The monoisotopic (exact) mass is 290 g/mol. The summed E-state index contributed by atoms with van der Waals surface area (Å²) in [4.78, 5) is 3.79. The molecule has 80 valence electrons. The van der Waals surface area contributed by atoms with Crippen molar-refractivity contribution in [2.75, 3.05) is 0 Å². The third kappa shape index (κ3) is 3.14. The summed E-state index contributed by atoms with van der Waals surface area (Å²) in [5.74, 6) is 0. The Hall–Kier alpha value is -0.670. The lowest BCUT2D eigenvalue weighted by Gasteiger charge is -2.16. The van der Waals surface area contributed by atoms with Crippen molar-refractivity contribution in [3.8, 4) is 6.07 Å². The number of nitriles is 1. The largest absolute Gasteiger partial charge is 0.389 e. The first-order chi connectivity index (χ1) is 7.06. The molecule has 0 saturated heterocycles. The maximum absolute atomic E-state index is 9.71. The molecule has 0 aromatic carbocycles. The van der Waals surface area contributed by atoms with Gasteiger partial charge >= 0.3 is 0 Å². The highest BCUT2D eigenvalue weighted by Crippen LogP contribution is 2.27. The molecule has 1 rings (SSSR count). The number of pyridine rings is 1. The Balaban J connectivity index is 2.95. The third-order valence-corrected chi connectivity index (χ3v) is 2.70. The van der Waals surface area contributed by atoms with Crippen LogP contribution in [0.2, 0.25) is 5.15 Å². The molecule has 1 heterocycles. The van der Waals surface area contributed by atoms with Crippen LogP contribution in [0.15, 0.2) is 16.7 Å². The molecule has 2 unspecified atom stereocenters. The maximum atomic E-state index is 9.71. The van der Waals surface area contributed by atoms with E-state index in [4.69, 9.17) is 16.9 Å². The van der Waals surface area contributed by atoms with Crippen LogP contribution in [0, 0.1) is 11.3 Å². The zero-order chi connectivity index (χ0) is 11.4. The Kier molecular flexibility index (Phi) is 4.48. The molecule has 0 aliphatic heterocycles. The zero-order valence-electron chi connectivity index (χ0n) is 7.56. The molecule has 0 fully saturated rings. The van der Waals surface area contributed by atoms with Crippen LogP contribution >= 0.6 is 27.5 Å². The summed E-state index contributed by atoms with van der Waals surface area (Å²) in [5.41, 5.74) is 0.415. The Labute approximate surface area is 100 Å². The molecule has 2 atom stereocenters. The average molecular weight is 292 g/mol. The van der Waals surface area contributed by atoms with E-state index in [9.17, 15) is 10.2 Å². The van der Waals surface area contributed by atoms with Crippen molar-refractivity contribution in [2.45, 2.75) is 18.6 Å². The Morgan fingerprint density at radius 1 is 1.60 bits per heavy atom. The van der Waals surface area contributed by atoms with Gasteiger partial charge in [-0.2, -0.15) is 5.26 Å². The van der Waals surface area contributed by atoms with E-state index in [0.717, 1.165) is 0 Å². The van der Waals surface area contributed by atoms with Gasteiger partial charge in [-0.1, -0.05) is 11.6 Å². The summed E-state index contributed by atoms with van der Waals surface area (Å²) in [6, 6.07) is 3.22. The van der Waals surface area contributed by atoms with E-state index in [1.807, 2.05) is 0 Å². The summed E-state index contributed by atoms with van der Waals surface area (Å²) in [7, 11) is 0. The topological polar surface area (TPSA) is 77.1 Å². The van der Waals surface area contributed by atoms with Crippen LogP contribution in [-0.4, -0.2) is 21.3 Å². The molecule has 0 spiro atoms. The quantitative estimate of drug-likeness (QED) is 0.833. The number of rotatable bonds is 3. The molecule has 0 aliphatic rings. The molecule has 1 aromatic heterocycles. The molecule has 2 N–H and O–H groups in total. The first kappa shape index (κ1) is 12.4. The van der Waals surface area contributed by atoms with E-state index in [0.29, 0.717) is 10.0 Å². The fourth-order valence-corrected chi connectivity index (χ4v) is 1.68. The van der Waals surface area contributed by atoms with E-state index >= 15 is 0 Å². The van der Waals surface area contributed by atoms with E-state index in [-0.39, 0.29) is 11.6 Å². The molecular formula is C9H8BrClN2O2. The zero-order valence-corrected chi connectivity index (χ0v) is 9.90. The van der Waals surface area contributed by atoms with Gasteiger partial charge < -0.3 is 10.2 Å². The lowest BCUT2D eigenvalue weighted by atomic mass is 10.0. The first-order valence-corrected chi connectivity index (χ1v) is 5.27. The highest BCUT2D eigenvalue weighted by atomic mass is 79.9. The van der Waals surface area contributed by atoms with Crippen molar-refractivity contribution in [1.82, 2.24) is 4.98 Å². The second-order valence-corrected chi connectivity index (χ2v) is 4.14. The number of nitrogens with zero attached hydrogens (tertiary/aromatic N) is 2. The minimum atomic E-state index is -1.15. The van der Waals surface area contributed by atoms with Gasteiger partial charge in [-0.3, -0.25) is 0 Å². The van der Waals surface area contributed by atoms with Gasteiger partial charge in [0.2, 0.25) is 0 Å². The lowest BCUT2D eigenvalue weighted by molar-refractivity contribution is 0.0211. The van der Waals surface area contributed by atoms with Gasteiger partial charge in [0.15, 0.2) is 0 Å². The third-order valence-electron chi connectivity index (χ3n) is 1.84. The number of hydrogen-bond donors (Lipinski definition) is 2. The summed E-state index contributed by atoms with van der Waals surface area (Å²) >= 11 is 8.83. The van der Waals surface area contributed by atoms with Gasteiger partial charge in [-0.05, 0) is 22.0 Å². The van der Waals surface area contributed by atoms with Crippen molar-refractivity contribution in [3.05, 3.63) is 27.5 Å². The minimum absolute atomic E-state index is 0.145. The molecule has 0 amide bonds. The highest BCUT2D eigenvalue weighted by molar-refractivity contribution is 9.10.